The van der Waals surface area contributed by atoms with Crippen molar-refractivity contribution in [2.75, 3.05) is 17.1 Å². The number of halogens is 2. The maximum absolute atomic E-state index is 13.2. The van der Waals surface area contributed by atoms with E-state index in [-0.39, 0.29) is 5.69 Å². The molecule has 0 fully saturated rings. The Hall–Kier alpha value is -1.70. The average molecular weight is 320 g/mol. The molecular weight excluding hydrogens is 302 g/mol. The Morgan fingerprint density at radius 3 is 2.24 bits per heavy atom. The Morgan fingerprint density at radius 1 is 1.24 bits per heavy atom. The van der Waals surface area contributed by atoms with Crippen molar-refractivity contribution in [1.82, 2.24) is 5.32 Å². The quantitative estimate of drug-likeness (QED) is 0.917. The normalized spacial score (nSPS) is 12.1. The number of nitrogens with zero attached hydrogens (tertiary/aromatic N) is 1. The van der Waals surface area contributed by atoms with Gasteiger partial charge in [-0.05, 0) is 32.9 Å². The number of amides is 1. The number of hydrogen-bond acceptors (Lipinski definition) is 3. The van der Waals surface area contributed by atoms with E-state index >= 15 is 0 Å². The Morgan fingerprint density at radius 2 is 1.81 bits per heavy atom. The highest BCUT2D eigenvalue weighted by Gasteiger charge is 2.24. The van der Waals surface area contributed by atoms with Crippen molar-refractivity contribution in [2.24, 2.45) is 0 Å². The average Bonchev–Trinajstić information content (AvgIpc) is 2.26. The van der Waals surface area contributed by atoms with Gasteiger partial charge in [0.1, 0.15) is 6.54 Å². The van der Waals surface area contributed by atoms with Crippen molar-refractivity contribution >= 4 is 21.6 Å². The van der Waals surface area contributed by atoms with Crippen LogP contribution in [0.4, 0.5) is 14.5 Å². The van der Waals surface area contributed by atoms with Gasteiger partial charge in [-0.3, -0.25) is 9.10 Å². The van der Waals surface area contributed by atoms with Crippen molar-refractivity contribution in [1.29, 1.82) is 0 Å². The minimum Gasteiger partial charge on any atom is -0.350 e. The Labute approximate surface area is 123 Å². The van der Waals surface area contributed by atoms with Crippen LogP contribution >= 0.6 is 0 Å². The molecule has 5 nitrogen and oxygen atoms in total. The van der Waals surface area contributed by atoms with E-state index in [4.69, 9.17) is 0 Å². The lowest BCUT2D eigenvalue weighted by Gasteiger charge is -2.25. The van der Waals surface area contributed by atoms with Crippen molar-refractivity contribution in [3.05, 3.63) is 29.8 Å². The molecule has 0 aromatic heterocycles. The number of carbonyl (C=O) groups excluding carboxylic acids is 1. The third-order valence-electron chi connectivity index (χ3n) is 2.39. The van der Waals surface area contributed by atoms with E-state index in [1.165, 1.54) is 0 Å². The van der Waals surface area contributed by atoms with Gasteiger partial charge in [0.05, 0.1) is 11.9 Å². The SMILES string of the molecule is CC(C)(C)NC(=O)CN(c1ccc(F)c(F)c1)S(C)(=O)=O. The van der Waals surface area contributed by atoms with Crippen molar-refractivity contribution in [3.63, 3.8) is 0 Å². The van der Waals surface area contributed by atoms with Crippen LogP contribution in [0.15, 0.2) is 18.2 Å². The molecule has 1 rings (SSSR count). The second-order valence-corrected chi connectivity index (χ2v) is 7.57. The third kappa shape index (κ3) is 5.30. The second kappa shape index (κ2) is 5.97. The highest BCUT2D eigenvalue weighted by atomic mass is 32.2. The molecule has 0 aliphatic heterocycles. The van der Waals surface area contributed by atoms with Gasteiger partial charge in [-0.2, -0.15) is 0 Å². The van der Waals surface area contributed by atoms with Gasteiger partial charge in [0.25, 0.3) is 0 Å². The zero-order valence-corrected chi connectivity index (χ0v) is 13.1. The molecule has 0 bridgehead atoms. The summed E-state index contributed by atoms with van der Waals surface area (Å²) in [4.78, 5) is 11.9. The van der Waals surface area contributed by atoms with Crippen molar-refractivity contribution < 1.29 is 22.0 Å². The first-order valence-electron chi connectivity index (χ1n) is 6.14. The minimum absolute atomic E-state index is 0.111. The Kier molecular flexibility index (Phi) is 4.93. The molecular formula is C13H18F2N2O3S. The van der Waals surface area contributed by atoms with E-state index in [1.807, 2.05) is 0 Å². The molecule has 0 saturated carbocycles. The zero-order chi connectivity index (χ0) is 16.4. The molecule has 21 heavy (non-hydrogen) atoms. The molecule has 0 radical (unpaired) electrons. The molecule has 1 N–H and O–H groups in total. The van der Waals surface area contributed by atoms with Crippen molar-refractivity contribution in [2.45, 2.75) is 26.3 Å². The lowest BCUT2D eigenvalue weighted by atomic mass is 10.1. The standard InChI is InChI=1S/C13H18F2N2O3S/c1-13(2,3)16-12(18)8-17(21(4,19)20)9-5-6-10(14)11(15)7-9/h5-7H,8H2,1-4H3,(H,16,18). The smallest absolute Gasteiger partial charge is 0.241 e. The summed E-state index contributed by atoms with van der Waals surface area (Å²) in [6, 6.07) is 2.65. The Balaban J connectivity index is 3.08. The lowest BCUT2D eigenvalue weighted by molar-refractivity contribution is -0.121. The van der Waals surface area contributed by atoms with E-state index in [0.717, 1.165) is 28.8 Å². The number of benzene rings is 1. The molecule has 0 unspecified atom stereocenters. The summed E-state index contributed by atoms with van der Waals surface area (Å²) >= 11 is 0. The van der Waals surface area contributed by atoms with Crippen LogP contribution < -0.4 is 9.62 Å². The largest absolute Gasteiger partial charge is 0.350 e. The number of carbonyl (C=O) groups is 1. The van der Waals surface area contributed by atoms with E-state index in [9.17, 15) is 22.0 Å². The van der Waals surface area contributed by atoms with Crippen LogP contribution in [0.2, 0.25) is 0 Å². The summed E-state index contributed by atoms with van der Waals surface area (Å²) in [5, 5.41) is 2.60. The summed E-state index contributed by atoms with van der Waals surface area (Å²) in [7, 11) is -3.81. The number of nitrogens with one attached hydrogen (secondary N) is 1. The van der Waals surface area contributed by atoms with Gasteiger partial charge in [0.15, 0.2) is 11.6 Å². The van der Waals surface area contributed by atoms with E-state index < -0.39 is 39.6 Å². The first kappa shape index (κ1) is 17.4. The maximum atomic E-state index is 13.2. The fourth-order valence-electron chi connectivity index (χ4n) is 1.63. The monoisotopic (exact) mass is 320 g/mol. The predicted molar refractivity (Wildman–Crippen MR) is 76.4 cm³/mol. The van der Waals surface area contributed by atoms with Gasteiger partial charge in [-0.15, -0.1) is 0 Å². The van der Waals surface area contributed by atoms with E-state index in [1.54, 1.807) is 20.8 Å². The molecule has 118 valence electrons. The predicted octanol–water partition coefficient (Wildman–Crippen LogP) is 1.65. The van der Waals surface area contributed by atoms with Crippen LogP contribution in [0.5, 0.6) is 0 Å². The second-order valence-electron chi connectivity index (χ2n) is 5.67. The highest BCUT2D eigenvalue weighted by molar-refractivity contribution is 7.92. The van der Waals surface area contributed by atoms with Crippen molar-refractivity contribution in [3.8, 4) is 0 Å². The first-order valence-corrected chi connectivity index (χ1v) is 7.99. The number of hydrogen-bond donors (Lipinski definition) is 1. The molecule has 0 aliphatic carbocycles. The molecule has 0 heterocycles. The van der Waals surface area contributed by atoms with Gasteiger partial charge in [-0.25, -0.2) is 17.2 Å². The number of anilines is 1. The third-order valence-corrected chi connectivity index (χ3v) is 3.53. The molecule has 0 aliphatic rings. The maximum Gasteiger partial charge on any atom is 0.241 e. The summed E-state index contributed by atoms with van der Waals surface area (Å²) in [6.07, 6.45) is 0.888. The van der Waals surface area contributed by atoms with Crippen LogP contribution in [-0.2, 0) is 14.8 Å². The van der Waals surface area contributed by atoms with Gasteiger partial charge in [-0.1, -0.05) is 0 Å². The fraction of sp³-hybridized carbons (Fsp3) is 0.462. The minimum atomic E-state index is -3.81. The molecule has 1 aromatic rings. The van der Waals surface area contributed by atoms with Crippen LogP contribution in [0.1, 0.15) is 20.8 Å². The molecule has 0 atom stereocenters. The first-order chi connectivity index (χ1) is 9.40. The molecule has 1 amide bonds. The Bertz CT molecular complexity index is 639. The van der Waals surface area contributed by atoms with Gasteiger partial charge < -0.3 is 5.32 Å². The lowest BCUT2D eigenvalue weighted by Crippen LogP contribution is -2.47. The van der Waals surface area contributed by atoms with Crippen LogP contribution in [-0.4, -0.2) is 32.7 Å². The molecule has 8 heteroatoms. The number of sulfonamides is 1. The highest BCUT2D eigenvalue weighted by Crippen LogP contribution is 2.20. The summed E-state index contributed by atoms with van der Waals surface area (Å²) in [5.41, 5.74) is -0.644. The summed E-state index contributed by atoms with van der Waals surface area (Å²) < 4.78 is 50.4. The van der Waals surface area contributed by atoms with Gasteiger partial charge in [0, 0.05) is 11.6 Å². The van der Waals surface area contributed by atoms with E-state index in [0.29, 0.717) is 0 Å². The van der Waals surface area contributed by atoms with Gasteiger partial charge >= 0.3 is 0 Å². The zero-order valence-electron chi connectivity index (χ0n) is 12.3. The topological polar surface area (TPSA) is 66.5 Å². The molecule has 0 saturated heterocycles. The van der Waals surface area contributed by atoms with Crippen LogP contribution in [0.3, 0.4) is 0 Å². The van der Waals surface area contributed by atoms with Crippen LogP contribution in [0, 0.1) is 11.6 Å². The van der Waals surface area contributed by atoms with Crippen LogP contribution in [0.25, 0.3) is 0 Å². The summed E-state index contributed by atoms with van der Waals surface area (Å²) in [5.74, 6) is -2.82. The number of rotatable bonds is 4. The summed E-state index contributed by atoms with van der Waals surface area (Å²) in [6.45, 7) is 4.72. The molecule has 0 spiro atoms. The fourth-order valence-corrected chi connectivity index (χ4v) is 2.48. The van der Waals surface area contributed by atoms with E-state index in [2.05, 4.69) is 5.32 Å². The molecule has 1 aromatic carbocycles. The van der Waals surface area contributed by atoms with Gasteiger partial charge in [0.2, 0.25) is 15.9 Å².